The van der Waals surface area contributed by atoms with E-state index >= 15 is 0 Å². The lowest BCUT2D eigenvalue weighted by atomic mass is 10.0. The predicted molar refractivity (Wildman–Crippen MR) is 133 cm³/mol. The molecule has 192 valence electrons. The molecule has 1 saturated heterocycles. The van der Waals surface area contributed by atoms with Crippen LogP contribution in [0, 0.1) is 5.41 Å². The van der Waals surface area contributed by atoms with Crippen molar-refractivity contribution >= 4 is 23.7 Å². The summed E-state index contributed by atoms with van der Waals surface area (Å²) in [6, 6.07) is 12.2. The summed E-state index contributed by atoms with van der Waals surface area (Å²) >= 11 is 0. The van der Waals surface area contributed by atoms with Crippen molar-refractivity contribution in [2.75, 3.05) is 33.9 Å². The molecule has 0 aliphatic carbocycles. The van der Waals surface area contributed by atoms with Crippen molar-refractivity contribution < 1.29 is 28.6 Å². The Morgan fingerprint density at radius 1 is 1.06 bits per heavy atom. The summed E-state index contributed by atoms with van der Waals surface area (Å²) in [4.78, 5) is 39.9. The number of esters is 2. The molecule has 0 spiro atoms. The highest BCUT2D eigenvalue weighted by Crippen LogP contribution is 2.17. The summed E-state index contributed by atoms with van der Waals surface area (Å²) in [6.45, 7) is 1.28. The molecule has 0 saturated carbocycles. The first-order chi connectivity index (χ1) is 17.3. The number of nitrogen functional groups attached to an aromatic ring is 1. The van der Waals surface area contributed by atoms with Gasteiger partial charge in [0.1, 0.15) is 24.2 Å². The van der Waals surface area contributed by atoms with Crippen LogP contribution in [0.4, 0.5) is 0 Å². The molecular formula is C26H32N4O6. The van der Waals surface area contributed by atoms with E-state index in [0.29, 0.717) is 16.9 Å². The van der Waals surface area contributed by atoms with Crippen molar-refractivity contribution in [1.82, 2.24) is 10.2 Å². The molecule has 1 fully saturated rings. The number of hydrogen-bond donors (Lipinski definition) is 3. The first kappa shape index (κ1) is 26.8. The number of likely N-dealkylation sites (N-methyl/N-ethyl adjacent to an activating group) is 1. The molecular weight excluding hydrogens is 464 g/mol. The molecule has 1 atom stereocenters. The van der Waals surface area contributed by atoms with Crippen LogP contribution in [0.1, 0.15) is 34.3 Å². The van der Waals surface area contributed by atoms with Crippen LogP contribution in [0.2, 0.25) is 0 Å². The normalized spacial score (nSPS) is 14.5. The van der Waals surface area contributed by atoms with Gasteiger partial charge in [0.2, 0.25) is 0 Å². The third kappa shape index (κ3) is 7.37. The van der Waals surface area contributed by atoms with Gasteiger partial charge in [-0.2, -0.15) is 0 Å². The van der Waals surface area contributed by atoms with Crippen molar-refractivity contribution in [3.63, 3.8) is 0 Å². The summed E-state index contributed by atoms with van der Waals surface area (Å²) in [6.07, 6.45) is 1.62. The van der Waals surface area contributed by atoms with Crippen LogP contribution in [0.25, 0.3) is 0 Å². The Bertz CT molecular complexity index is 1060. The Morgan fingerprint density at radius 3 is 2.25 bits per heavy atom. The predicted octanol–water partition coefficient (Wildman–Crippen LogP) is 1.50. The largest absolute Gasteiger partial charge is 0.497 e. The Hall–Kier alpha value is -3.76. The minimum Gasteiger partial charge on any atom is -0.497 e. The molecule has 10 nitrogen and oxygen atoms in total. The SMILES string of the molecule is COc1ccc(C[C@H](C(=O)OC(=O)COC2CCNCC2)N(C)C(=O)c2ccc(C(=N)N)cc2)cc1. The van der Waals surface area contributed by atoms with Gasteiger partial charge in [0.25, 0.3) is 5.91 Å². The van der Waals surface area contributed by atoms with Gasteiger partial charge in [0.05, 0.1) is 13.2 Å². The molecule has 0 unspecified atom stereocenters. The van der Waals surface area contributed by atoms with E-state index < -0.39 is 23.9 Å². The Morgan fingerprint density at radius 2 is 1.67 bits per heavy atom. The smallest absolute Gasteiger partial charge is 0.339 e. The van der Waals surface area contributed by atoms with Crippen molar-refractivity contribution in [3.8, 4) is 5.75 Å². The van der Waals surface area contributed by atoms with Crippen LogP contribution < -0.4 is 15.8 Å². The highest BCUT2D eigenvalue weighted by molar-refractivity contribution is 6.00. The van der Waals surface area contributed by atoms with E-state index in [1.807, 2.05) is 0 Å². The number of benzene rings is 2. The lowest BCUT2D eigenvalue weighted by Crippen LogP contribution is -2.45. The Labute approximate surface area is 210 Å². The maximum atomic E-state index is 13.2. The molecule has 36 heavy (non-hydrogen) atoms. The average Bonchev–Trinajstić information content (AvgIpc) is 2.90. The molecule has 0 bridgehead atoms. The van der Waals surface area contributed by atoms with Crippen molar-refractivity contribution in [2.45, 2.75) is 31.4 Å². The molecule has 1 heterocycles. The number of methoxy groups -OCH3 is 1. The number of nitrogens with one attached hydrogen (secondary N) is 2. The van der Waals surface area contributed by atoms with Crippen LogP contribution in [-0.4, -0.2) is 74.6 Å². The maximum Gasteiger partial charge on any atom is 0.339 e. The third-order valence-electron chi connectivity index (χ3n) is 6.03. The number of carbonyl (C=O) groups excluding carboxylic acids is 3. The van der Waals surface area contributed by atoms with E-state index in [0.717, 1.165) is 31.5 Å². The molecule has 2 aromatic carbocycles. The Kier molecular flexibility index (Phi) is 9.54. The van der Waals surface area contributed by atoms with Gasteiger partial charge in [-0.1, -0.05) is 24.3 Å². The van der Waals surface area contributed by atoms with Gasteiger partial charge in [-0.25, -0.2) is 9.59 Å². The zero-order valence-electron chi connectivity index (χ0n) is 20.5. The van der Waals surface area contributed by atoms with Gasteiger partial charge in [-0.05, 0) is 55.8 Å². The molecule has 0 radical (unpaired) electrons. The molecule has 2 aromatic rings. The Balaban J connectivity index is 1.73. The first-order valence-corrected chi connectivity index (χ1v) is 11.7. The van der Waals surface area contributed by atoms with Crippen LogP contribution in [-0.2, 0) is 25.5 Å². The second kappa shape index (κ2) is 12.8. The number of carbonyl (C=O) groups is 3. The van der Waals surface area contributed by atoms with Gasteiger partial charge in [-0.3, -0.25) is 10.2 Å². The zero-order chi connectivity index (χ0) is 26.1. The molecule has 3 rings (SSSR count). The number of nitrogens with zero attached hydrogens (tertiary/aromatic N) is 1. The number of nitrogens with two attached hydrogens (primary N) is 1. The van der Waals surface area contributed by atoms with Crippen molar-refractivity contribution in [1.29, 1.82) is 5.41 Å². The molecule has 1 aliphatic heterocycles. The lowest BCUT2D eigenvalue weighted by Gasteiger charge is -2.27. The quantitative estimate of drug-likeness (QED) is 0.194. The zero-order valence-corrected chi connectivity index (χ0v) is 20.5. The van der Waals surface area contributed by atoms with Gasteiger partial charge in [-0.15, -0.1) is 0 Å². The maximum absolute atomic E-state index is 13.2. The molecule has 1 amide bonds. The van der Waals surface area contributed by atoms with E-state index in [-0.39, 0.29) is 25.0 Å². The van der Waals surface area contributed by atoms with Gasteiger partial charge in [0, 0.05) is 24.6 Å². The van der Waals surface area contributed by atoms with Gasteiger partial charge >= 0.3 is 11.9 Å². The lowest BCUT2D eigenvalue weighted by molar-refractivity contribution is -0.167. The van der Waals surface area contributed by atoms with E-state index in [1.54, 1.807) is 43.5 Å². The second-order valence-electron chi connectivity index (χ2n) is 8.53. The van der Waals surface area contributed by atoms with E-state index in [4.69, 9.17) is 25.4 Å². The summed E-state index contributed by atoms with van der Waals surface area (Å²) in [5.41, 5.74) is 7.01. The number of amides is 1. The fourth-order valence-corrected chi connectivity index (χ4v) is 3.86. The van der Waals surface area contributed by atoms with Crippen LogP contribution in [0.15, 0.2) is 48.5 Å². The fourth-order valence-electron chi connectivity index (χ4n) is 3.86. The van der Waals surface area contributed by atoms with Crippen molar-refractivity contribution in [2.24, 2.45) is 5.73 Å². The summed E-state index contributed by atoms with van der Waals surface area (Å²) < 4.78 is 15.9. The molecule has 4 N–H and O–H groups in total. The second-order valence-corrected chi connectivity index (χ2v) is 8.53. The topological polar surface area (TPSA) is 144 Å². The average molecular weight is 497 g/mol. The van der Waals surface area contributed by atoms with E-state index in [2.05, 4.69) is 5.32 Å². The highest BCUT2D eigenvalue weighted by Gasteiger charge is 2.31. The van der Waals surface area contributed by atoms with Crippen molar-refractivity contribution in [3.05, 3.63) is 65.2 Å². The minimum absolute atomic E-state index is 0.0637. The van der Waals surface area contributed by atoms with Gasteiger partial charge < -0.3 is 30.2 Å². The third-order valence-corrected chi connectivity index (χ3v) is 6.03. The minimum atomic E-state index is -1.07. The van der Waals surface area contributed by atoms with E-state index in [1.165, 1.54) is 24.1 Å². The van der Waals surface area contributed by atoms with Crippen LogP contribution >= 0.6 is 0 Å². The fraction of sp³-hybridized carbons (Fsp3) is 0.385. The molecule has 0 aromatic heterocycles. The molecule has 1 aliphatic rings. The number of rotatable bonds is 10. The van der Waals surface area contributed by atoms with E-state index in [9.17, 15) is 14.4 Å². The number of amidine groups is 1. The summed E-state index contributed by atoms with van der Waals surface area (Å²) in [5, 5.41) is 10.7. The van der Waals surface area contributed by atoms with Crippen LogP contribution in [0.5, 0.6) is 5.75 Å². The number of hydrogen-bond acceptors (Lipinski definition) is 8. The molecule has 10 heteroatoms. The number of piperidine rings is 1. The van der Waals surface area contributed by atoms with Crippen LogP contribution in [0.3, 0.4) is 0 Å². The summed E-state index contributed by atoms with van der Waals surface area (Å²) in [7, 11) is 3.03. The van der Waals surface area contributed by atoms with Gasteiger partial charge in [0.15, 0.2) is 0 Å². The summed E-state index contributed by atoms with van der Waals surface area (Å²) in [5.74, 6) is -1.56. The number of ether oxygens (including phenoxy) is 3. The highest BCUT2D eigenvalue weighted by atomic mass is 16.6. The standard InChI is InChI=1S/C26H32N4O6/c1-30(25(32)19-7-5-18(6-8-19)24(27)28)22(15-17-3-9-20(34-2)10-4-17)26(33)36-23(31)16-35-21-11-13-29-14-12-21/h3-10,21-22,29H,11-16H2,1-2H3,(H3,27,28)/t22-/m1/s1. The first-order valence-electron chi connectivity index (χ1n) is 11.7. The monoisotopic (exact) mass is 496 g/mol.